The van der Waals surface area contributed by atoms with E-state index in [2.05, 4.69) is 15.9 Å². The van der Waals surface area contributed by atoms with Gasteiger partial charge in [0, 0.05) is 10.0 Å². The second-order valence-electron chi connectivity index (χ2n) is 4.48. The molecule has 0 heterocycles. The summed E-state index contributed by atoms with van der Waals surface area (Å²) in [7, 11) is 0. The zero-order chi connectivity index (χ0) is 13.0. The summed E-state index contributed by atoms with van der Waals surface area (Å²) in [5, 5.41) is 19.3. The molecule has 1 rings (SSSR count). The topological polar surface area (TPSA) is 49.7 Å². The molecule has 0 aliphatic carbocycles. The molecular formula is C13H19BrO3. The Labute approximate surface area is 111 Å². The van der Waals surface area contributed by atoms with E-state index in [9.17, 15) is 10.2 Å². The number of aliphatic hydroxyl groups is 2. The van der Waals surface area contributed by atoms with Gasteiger partial charge in [0.1, 0.15) is 12.4 Å². The van der Waals surface area contributed by atoms with Gasteiger partial charge in [-0.3, -0.25) is 0 Å². The van der Waals surface area contributed by atoms with Crippen molar-refractivity contribution in [2.24, 2.45) is 5.92 Å². The number of benzene rings is 1. The van der Waals surface area contributed by atoms with Crippen LogP contribution >= 0.6 is 15.9 Å². The van der Waals surface area contributed by atoms with Gasteiger partial charge in [-0.15, -0.1) is 0 Å². The number of hydrogen-bond acceptors (Lipinski definition) is 3. The third kappa shape index (κ3) is 4.30. The van der Waals surface area contributed by atoms with Crippen LogP contribution in [0.15, 0.2) is 22.7 Å². The Morgan fingerprint density at radius 2 is 1.88 bits per heavy atom. The second-order valence-corrected chi connectivity index (χ2v) is 5.40. The lowest BCUT2D eigenvalue weighted by atomic mass is 10.1. The molecule has 2 N–H and O–H groups in total. The van der Waals surface area contributed by atoms with E-state index in [1.54, 1.807) is 13.0 Å². The van der Waals surface area contributed by atoms with Crippen LogP contribution in [0.25, 0.3) is 0 Å². The van der Waals surface area contributed by atoms with Gasteiger partial charge in [0.2, 0.25) is 0 Å². The highest BCUT2D eigenvalue weighted by molar-refractivity contribution is 9.10. The summed E-state index contributed by atoms with van der Waals surface area (Å²) in [6.07, 6.45) is -1.09. The fraction of sp³-hybridized carbons (Fsp3) is 0.538. The van der Waals surface area contributed by atoms with Crippen molar-refractivity contribution >= 4 is 15.9 Å². The van der Waals surface area contributed by atoms with Crippen molar-refractivity contribution in [1.29, 1.82) is 0 Å². The fourth-order valence-corrected chi connectivity index (χ4v) is 1.69. The molecule has 17 heavy (non-hydrogen) atoms. The minimum absolute atomic E-state index is 0.150. The smallest absolute Gasteiger partial charge is 0.126 e. The van der Waals surface area contributed by atoms with Crippen LogP contribution in [0.2, 0.25) is 0 Å². The first kappa shape index (κ1) is 14.5. The first-order valence-electron chi connectivity index (χ1n) is 5.70. The minimum atomic E-state index is -0.589. The number of ether oxygens (including phenoxy) is 1. The van der Waals surface area contributed by atoms with E-state index in [1.807, 2.05) is 26.0 Å². The van der Waals surface area contributed by atoms with Gasteiger partial charge in [0.05, 0.1) is 12.2 Å². The third-order valence-electron chi connectivity index (χ3n) is 2.60. The second kappa shape index (κ2) is 6.38. The molecule has 0 bridgehead atoms. The van der Waals surface area contributed by atoms with Crippen molar-refractivity contribution in [3.63, 3.8) is 0 Å². The van der Waals surface area contributed by atoms with Gasteiger partial charge in [0.15, 0.2) is 0 Å². The summed E-state index contributed by atoms with van der Waals surface area (Å²) >= 11 is 3.36. The van der Waals surface area contributed by atoms with Crippen LogP contribution in [0.3, 0.4) is 0 Å². The van der Waals surface area contributed by atoms with Crippen molar-refractivity contribution in [3.05, 3.63) is 28.2 Å². The summed E-state index contributed by atoms with van der Waals surface area (Å²) in [5.41, 5.74) is 0.726. The Hall–Kier alpha value is -0.580. The minimum Gasteiger partial charge on any atom is -0.490 e. The molecule has 0 aliphatic rings. The van der Waals surface area contributed by atoms with Gasteiger partial charge in [-0.25, -0.2) is 0 Å². The van der Waals surface area contributed by atoms with Crippen LogP contribution in [0.1, 0.15) is 32.4 Å². The zero-order valence-corrected chi connectivity index (χ0v) is 11.9. The molecule has 0 radical (unpaired) electrons. The first-order valence-corrected chi connectivity index (χ1v) is 6.49. The maximum Gasteiger partial charge on any atom is 0.126 e. The lowest BCUT2D eigenvalue weighted by molar-refractivity contribution is 0.0682. The van der Waals surface area contributed by atoms with Crippen LogP contribution < -0.4 is 4.74 Å². The Balaban J connectivity index is 2.78. The average Bonchev–Trinajstić information content (AvgIpc) is 2.25. The van der Waals surface area contributed by atoms with E-state index in [-0.39, 0.29) is 12.5 Å². The molecule has 0 spiro atoms. The molecule has 0 amide bonds. The van der Waals surface area contributed by atoms with Gasteiger partial charge in [0.25, 0.3) is 0 Å². The monoisotopic (exact) mass is 302 g/mol. The fourth-order valence-electron chi connectivity index (χ4n) is 1.35. The molecule has 0 saturated carbocycles. The number of halogens is 1. The lowest BCUT2D eigenvalue weighted by Gasteiger charge is -2.18. The molecule has 3 nitrogen and oxygen atoms in total. The summed E-state index contributed by atoms with van der Waals surface area (Å²) in [6.45, 7) is 5.79. The van der Waals surface area contributed by atoms with Crippen molar-refractivity contribution in [2.45, 2.75) is 33.0 Å². The summed E-state index contributed by atoms with van der Waals surface area (Å²) in [6, 6.07) is 5.47. The van der Waals surface area contributed by atoms with Crippen LogP contribution in [0.5, 0.6) is 5.75 Å². The standard InChI is InChI=1S/C13H19BrO3/c1-8(2)12(16)7-17-13-6-10(14)4-5-11(13)9(3)15/h4-6,8-9,12,15-16H,7H2,1-3H3/t9-,12?/m1/s1. The van der Waals surface area contributed by atoms with Gasteiger partial charge in [-0.2, -0.15) is 0 Å². The number of hydrogen-bond donors (Lipinski definition) is 2. The molecule has 0 fully saturated rings. The maximum absolute atomic E-state index is 9.69. The molecule has 0 aromatic heterocycles. The van der Waals surface area contributed by atoms with Crippen LogP contribution in [-0.4, -0.2) is 22.9 Å². The highest BCUT2D eigenvalue weighted by Crippen LogP contribution is 2.28. The maximum atomic E-state index is 9.69. The van der Waals surface area contributed by atoms with Crippen molar-refractivity contribution < 1.29 is 14.9 Å². The molecule has 96 valence electrons. The van der Waals surface area contributed by atoms with E-state index in [1.165, 1.54) is 0 Å². The van der Waals surface area contributed by atoms with Gasteiger partial charge >= 0.3 is 0 Å². The van der Waals surface area contributed by atoms with E-state index >= 15 is 0 Å². The quantitative estimate of drug-likeness (QED) is 0.879. The van der Waals surface area contributed by atoms with E-state index < -0.39 is 12.2 Å². The first-order chi connectivity index (χ1) is 7.91. The predicted molar refractivity (Wildman–Crippen MR) is 71.1 cm³/mol. The summed E-state index contributed by atoms with van der Waals surface area (Å²) in [5.74, 6) is 0.756. The highest BCUT2D eigenvalue weighted by Gasteiger charge is 2.13. The van der Waals surface area contributed by atoms with Crippen molar-refractivity contribution in [1.82, 2.24) is 0 Å². The Kier molecular flexibility index (Phi) is 5.43. The SMILES string of the molecule is CC(C)C(O)COc1cc(Br)ccc1[C@@H](C)O. The van der Waals surface area contributed by atoms with Gasteiger partial charge in [-0.05, 0) is 25.0 Å². The molecule has 2 atom stereocenters. The highest BCUT2D eigenvalue weighted by atomic mass is 79.9. The summed E-state index contributed by atoms with van der Waals surface area (Å²) < 4.78 is 6.45. The Bertz CT molecular complexity index is 364. The van der Waals surface area contributed by atoms with Crippen LogP contribution in [0.4, 0.5) is 0 Å². The van der Waals surface area contributed by atoms with E-state index in [0.717, 1.165) is 10.0 Å². The number of rotatable bonds is 5. The van der Waals surface area contributed by atoms with Crippen molar-refractivity contribution in [2.75, 3.05) is 6.61 Å². The molecular weight excluding hydrogens is 284 g/mol. The lowest BCUT2D eigenvalue weighted by Crippen LogP contribution is -2.23. The van der Waals surface area contributed by atoms with Gasteiger partial charge in [-0.1, -0.05) is 35.8 Å². The number of aliphatic hydroxyl groups excluding tert-OH is 2. The average molecular weight is 303 g/mol. The molecule has 4 heteroatoms. The largest absolute Gasteiger partial charge is 0.490 e. The predicted octanol–water partition coefficient (Wildman–Crippen LogP) is 2.90. The molecule has 0 saturated heterocycles. The van der Waals surface area contributed by atoms with Crippen LogP contribution in [-0.2, 0) is 0 Å². The van der Waals surface area contributed by atoms with E-state index in [0.29, 0.717) is 5.75 Å². The summed E-state index contributed by atoms with van der Waals surface area (Å²) in [4.78, 5) is 0. The molecule has 1 unspecified atom stereocenters. The van der Waals surface area contributed by atoms with Crippen LogP contribution in [0, 0.1) is 5.92 Å². The zero-order valence-electron chi connectivity index (χ0n) is 10.4. The van der Waals surface area contributed by atoms with E-state index in [4.69, 9.17) is 4.74 Å². The molecule has 1 aromatic carbocycles. The Morgan fingerprint density at radius 3 is 2.41 bits per heavy atom. The molecule has 1 aromatic rings. The molecule has 0 aliphatic heterocycles. The van der Waals surface area contributed by atoms with Gasteiger partial charge < -0.3 is 14.9 Å². The third-order valence-corrected chi connectivity index (χ3v) is 3.10. The Morgan fingerprint density at radius 1 is 1.24 bits per heavy atom. The van der Waals surface area contributed by atoms with Crippen molar-refractivity contribution in [3.8, 4) is 5.75 Å². The normalized spacial score (nSPS) is 14.8.